The third-order valence-electron chi connectivity index (χ3n) is 4.12. The molecule has 1 heterocycles. The zero-order valence-corrected chi connectivity index (χ0v) is 14.3. The third kappa shape index (κ3) is 4.55. The molecule has 0 N–H and O–H groups in total. The molecule has 1 amide bonds. The van der Waals surface area contributed by atoms with Gasteiger partial charge in [-0.3, -0.25) is 9.78 Å². The van der Waals surface area contributed by atoms with Crippen molar-refractivity contribution in [1.29, 1.82) is 0 Å². The van der Waals surface area contributed by atoms with E-state index in [0.29, 0.717) is 6.54 Å². The van der Waals surface area contributed by atoms with E-state index in [4.69, 9.17) is 4.74 Å². The second-order valence-corrected chi connectivity index (χ2v) is 5.86. The second-order valence-electron chi connectivity index (χ2n) is 5.86. The zero-order chi connectivity index (χ0) is 16.8. The third-order valence-corrected chi connectivity index (χ3v) is 4.12. The summed E-state index contributed by atoms with van der Waals surface area (Å²) in [5.74, 6) is 0.806. The number of aryl methyl sites for hydroxylation is 2. The minimum atomic E-state index is -0.0145. The van der Waals surface area contributed by atoms with E-state index < -0.39 is 0 Å². The topological polar surface area (TPSA) is 42.4 Å². The van der Waals surface area contributed by atoms with Crippen LogP contribution >= 0.6 is 0 Å². The Hall–Kier alpha value is -2.36. The molecule has 4 nitrogen and oxygen atoms in total. The fourth-order valence-corrected chi connectivity index (χ4v) is 2.36. The van der Waals surface area contributed by atoms with Gasteiger partial charge in [-0.15, -0.1) is 0 Å². The van der Waals surface area contributed by atoms with E-state index >= 15 is 0 Å². The molecule has 1 aromatic heterocycles. The predicted molar refractivity (Wildman–Crippen MR) is 91.7 cm³/mol. The summed E-state index contributed by atoms with van der Waals surface area (Å²) in [6, 6.07) is 8.03. The van der Waals surface area contributed by atoms with Gasteiger partial charge in [0.15, 0.2) is 6.61 Å². The van der Waals surface area contributed by atoms with Gasteiger partial charge >= 0.3 is 0 Å². The monoisotopic (exact) mass is 312 g/mol. The van der Waals surface area contributed by atoms with Crippen LogP contribution in [0.25, 0.3) is 0 Å². The van der Waals surface area contributed by atoms with Gasteiger partial charge in [0.05, 0.1) is 0 Å². The van der Waals surface area contributed by atoms with Gasteiger partial charge in [0, 0.05) is 26.0 Å². The van der Waals surface area contributed by atoms with E-state index in [-0.39, 0.29) is 12.5 Å². The number of carbonyl (C=O) groups excluding carboxylic acids is 1. The van der Waals surface area contributed by atoms with E-state index in [0.717, 1.165) is 23.3 Å². The summed E-state index contributed by atoms with van der Waals surface area (Å²) in [5.41, 5.74) is 4.49. The summed E-state index contributed by atoms with van der Waals surface area (Å²) < 4.78 is 5.78. The number of rotatable bonds is 6. The van der Waals surface area contributed by atoms with E-state index in [9.17, 15) is 4.79 Å². The molecule has 2 rings (SSSR count). The van der Waals surface area contributed by atoms with Gasteiger partial charge in [-0.05, 0) is 61.6 Å². The van der Waals surface area contributed by atoms with E-state index in [1.807, 2.05) is 46.0 Å². The van der Waals surface area contributed by atoms with E-state index in [2.05, 4.69) is 11.1 Å². The number of amides is 1. The summed E-state index contributed by atoms with van der Waals surface area (Å²) in [7, 11) is 1.81. The minimum Gasteiger partial charge on any atom is -0.483 e. The average Bonchev–Trinajstić information content (AvgIpc) is 2.57. The fraction of sp³-hybridized carbons (Fsp3) is 0.368. The van der Waals surface area contributed by atoms with Gasteiger partial charge in [0.1, 0.15) is 5.75 Å². The van der Waals surface area contributed by atoms with Gasteiger partial charge in [-0.1, -0.05) is 12.1 Å². The number of hydrogen-bond acceptors (Lipinski definition) is 3. The van der Waals surface area contributed by atoms with Crippen LogP contribution in [-0.2, 0) is 11.2 Å². The number of aromatic nitrogens is 1. The van der Waals surface area contributed by atoms with Crippen molar-refractivity contribution in [3.63, 3.8) is 0 Å². The standard InChI is InChI=1S/C19H24N2O2/c1-14-5-6-15(2)19(16(14)3)23-13-18(22)21(4)12-9-17-7-10-20-11-8-17/h5-8,10-11H,9,12-13H2,1-4H3. The Morgan fingerprint density at radius 2 is 1.74 bits per heavy atom. The Labute approximate surface area is 138 Å². The highest BCUT2D eigenvalue weighted by atomic mass is 16.5. The van der Waals surface area contributed by atoms with Gasteiger partial charge in [-0.2, -0.15) is 0 Å². The molecule has 0 aliphatic rings. The maximum absolute atomic E-state index is 12.2. The van der Waals surface area contributed by atoms with E-state index in [1.54, 1.807) is 17.3 Å². The van der Waals surface area contributed by atoms with Crippen molar-refractivity contribution in [2.24, 2.45) is 0 Å². The summed E-state index contributed by atoms with van der Waals surface area (Å²) in [5, 5.41) is 0. The van der Waals surface area contributed by atoms with Gasteiger partial charge in [0.2, 0.25) is 0 Å². The van der Waals surface area contributed by atoms with Crippen LogP contribution < -0.4 is 4.74 Å². The molecule has 0 radical (unpaired) electrons. The number of nitrogens with zero attached hydrogens (tertiary/aromatic N) is 2. The molecule has 0 atom stereocenters. The molecule has 0 aliphatic carbocycles. The molecule has 23 heavy (non-hydrogen) atoms. The molecule has 122 valence electrons. The second kappa shape index (κ2) is 7.77. The molecule has 4 heteroatoms. The lowest BCUT2D eigenvalue weighted by atomic mass is 10.1. The number of likely N-dealkylation sites (N-methyl/N-ethyl adjacent to an activating group) is 1. The number of pyridine rings is 1. The van der Waals surface area contributed by atoms with Crippen LogP contribution in [0.4, 0.5) is 0 Å². The largest absolute Gasteiger partial charge is 0.483 e. The first-order valence-electron chi connectivity index (χ1n) is 7.81. The van der Waals surface area contributed by atoms with Crippen molar-refractivity contribution in [2.75, 3.05) is 20.2 Å². The maximum Gasteiger partial charge on any atom is 0.260 e. The highest BCUT2D eigenvalue weighted by molar-refractivity contribution is 5.77. The summed E-state index contributed by atoms with van der Waals surface area (Å²) in [6.45, 7) is 6.80. The van der Waals surface area contributed by atoms with Crippen LogP contribution in [0.2, 0.25) is 0 Å². The molecule has 1 aromatic carbocycles. The average molecular weight is 312 g/mol. The van der Waals surface area contributed by atoms with Crippen molar-refractivity contribution in [2.45, 2.75) is 27.2 Å². The summed E-state index contributed by atoms with van der Waals surface area (Å²) in [6.07, 6.45) is 4.35. The molecular weight excluding hydrogens is 288 g/mol. The predicted octanol–water partition coefficient (Wildman–Crippen LogP) is 3.09. The molecule has 0 saturated carbocycles. The zero-order valence-electron chi connectivity index (χ0n) is 14.3. The number of carbonyl (C=O) groups is 1. The SMILES string of the molecule is Cc1ccc(C)c(OCC(=O)N(C)CCc2ccncc2)c1C. The van der Waals surface area contributed by atoms with E-state index in [1.165, 1.54) is 11.1 Å². The first-order valence-corrected chi connectivity index (χ1v) is 7.81. The normalized spacial score (nSPS) is 10.4. The first-order chi connectivity index (χ1) is 11.0. The maximum atomic E-state index is 12.2. The van der Waals surface area contributed by atoms with Crippen LogP contribution in [0.1, 0.15) is 22.3 Å². The lowest BCUT2D eigenvalue weighted by Crippen LogP contribution is -2.33. The Morgan fingerprint density at radius 3 is 2.43 bits per heavy atom. The fourth-order valence-electron chi connectivity index (χ4n) is 2.36. The van der Waals surface area contributed by atoms with Crippen LogP contribution in [0.15, 0.2) is 36.7 Å². The Bertz CT molecular complexity index is 669. The van der Waals surface area contributed by atoms with Crippen molar-refractivity contribution in [1.82, 2.24) is 9.88 Å². The molecule has 0 spiro atoms. The highest BCUT2D eigenvalue weighted by Gasteiger charge is 2.12. The Morgan fingerprint density at radius 1 is 1.09 bits per heavy atom. The lowest BCUT2D eigenvalue weighted by molar-refractivity contribution is -0.132. The minimum absolute atomic E-state index is 0.0145. The quantitative estimate of drug-likeness (QED) is 0.823. The molecule has 2 aromatic rings. The first kappa shape index (κ1) is 17.0. The summed E-state index contributed by atoms with van der Waals surface area (Å²) >= 11 is 0. The van der Waals surface area contributed by atoms with Crippen LogP contribution in [-0.4, -0.2) is 36.0 Å². The number of ether oxygens (including phenoxy) is 1. The highest BCUT2D eigenvalue weighted by Crippen LogP contribution is 2.25. The van der Waals surface area contributed by atoms with Crippen LogP contribution in [0, 0.1) is 20.8 Å². The van der Waals surface area contributed by atoms with Crippen molar-refractivity contribution in [3.05, 3.63) is 58.9 Å². The van der Waals surface area contributed by atoms with Crippen molar-refractivity contribution >= 4 is 5.91 Å². The lowest BCUT2D eigenvalue weighted by Gasteiger charge is -2.19. The molecular formula is C19H24N2O2. The molecule has 0 fully saturated rings. The van der Waals surface area contributed by atoms with Crippen LogP contribution in [0.3, 0.4) is 0 Å². The van der Waals surface area contributed by atoms with Crippen molar-refractivity contribution in [3.8, 4) is 5.75 Å². The van der Waals surface area contributed by atoms with Gasteiger partial charge in [-0.25, -0.2) is 0 Å². The van der Waals surface area contributed by atoms with Gasteiger partial charge < -0.3 is 9.64 Å². The van der Waals surface area contributed by atoms with Crippen molar-refractivity contribution < 1.29 is 9.53 Å². The number of benzene rings is 1. The molecule has 0 saturated heterocycles. The smallest absolute Gasteiger partial charge is 0.260 e. The van der Waals surface area contributed by atoms with Gasteiger partial charge in [0.25, 0.3) is 5.91 Å². The Balaban J connectivity index is 1.88. The van der Waals surface area contributed by atoms with Crippen LogP contribution in [0.5, 0.6) is 5.75 Å². The molecule has 0 aliphatic heterocycles. The Kier molecular flexibility index (Phi) is 5.74. The molecule has 0 bridgehead atoms. The number of hydrogen-bond donors (Lipinski definition) is 0. The molecule has 0 unspecified atom stereocenters. The summed E-state index contributed by atoms with van der Waals surface area (Å²) in [4.78, 5) is 17.9.